The molecule has 0 unspecified atom stereocenters. The fraction of sp³-hybridized carbons (Fsp3) is 0.500. The fourth-order valence-corrected chi connectivity index (χ4v) is 5.00. The molecule has 0 atom stereocenters. The van der Waals surface area contributed by atoms with E-state index >= 15 is 0 Å². The Hall–Kier alpha value is -3.88. The summed E-state index contributed by atoms with van der Waals surface area (Å²) in [6, 6.07) is 5.33. The van der Waals surface area contributed by atoms with E-state index in [0.717, 1.165) is 30.5 Å². The van der Waals surface area contributed by atoms with Gasteiger partial charge < -0.3 is 9.64 Å². The standard InChI is InChI=1S/C28H35N7O4/c1-28(2)26(37)34(11-10-33(28)3)17-21-13-20-7-5-9-35(25(20)31-23(21)18-36)27(38)32-24-14-19(8-6-12-39-4)22(15-29)16-30-24/h13-14,16,18H,5-12,17H2,1-4H3,(H,30,32,38). The van der Waals surface area contributed by atoms with Gasteiger partial charge >= 0.3 is 6.03 Å². The van der Waals surface area contributed by atoms with E-state index in [1.54, 1.807) is 18.1 Å². The predicted octanol–water partition coefficient (Wildman–Crippen LogP) is 2.78. The molecular formula is C28H35N7O4. The number of pyridine rings is 2. The second kappa shape index (κ2) is 11.9. The number of anilines is 2. The zero-order chi connectivity index (χ0) is 28.2. The van der Waals surface area contributed by atoms with Gasteiger partial charge in [-0.05, 0) is 69.8 Å². The number of piperazine rings is 1. The summed E-state index contributed by atoms with van der Waals surface area (Å²) in [7, 11) is 3.56. The Balaban J connectivity index is 1.55. The molecule has 2 aromatic heterocycles. The molecule has 11 heteroatoms. The highest BCUT2D eigenvalue weighted by atomic mass is 16.5. The van der Waals surface area contributed by atoms with Crippen molar-refractivity contribution in [2.45, 2.75) is 51.6 Å². The topological polar surface area (TPSA) is 132 Å². The quantitative estimate of drug-likeness (QED) is 0.405. The number of urea groups is 1. The number of fused-ring (bicyclic) bond motifs is 1. The van der Waals surface area contributed by atoms with E-state index in [9.17, 15) is 19.6 Å². The van der Waals surface area contributed by atoms with E-state index in [2.05, 4.69) is 21.4 Å². The van der Waals surface area contributed by atoms with Crippen LogP contribution < -0.4 is 10.2 Å². The first-order valence-corrected chi connectivity index (χ1v) is 13.1. The molecule has 2 aromatic rings. The first-order valence-electron chi connectivity index (χ1n) is 13.1. The Labute approximate surface area is 228 Å². The van der Waals surface area contributed by atoms with Crippen LogP contribution >= 0.6 is 0 Å². The number of likely N-dealkylation sites (N-methyl/N-ethyl adjacent to an activating group) is 1. The molecule has 1 saturated heterocycles. The molecule has 2 aliphatic heterocycles. The van der Waals surface area contributed by atoms with Crippen molar-refractivity contribution < 1.29 is 19.1 Å². The molecule has 0 saturated carbocycles. The van der Waals surface area contributed by atoms with Gasteiger partial charge in [-0.2, -0.15) is 5.26 Å². The van der Waals surface area contributed by atoms with Crippen LogP contribution in [-0.2, 0) is 28.9 Å². The number of nitrogens with zero attached hydrogens (tertiary/aromatic N) is 6. The Morgan fingerprint density at radius 3 is 2.77 bits per heavy atom. The summed E-state index contributed by atoms with van der Waals surface area (Å²) in [5.74, 6) is 0.772. The van der Waals surface area contributed by atoms with E-state index < -0.39 is 11.6 Å². The summed E-state index contributed by atoms with van der Waals surface area (Å²) in [6.45, 7) is 6.38. The van der Waals surface area contributed by atoms with Gasteiger partial charge in [0.1, 0.15) is 23.4 Å². The molecule has 206 valence electrons. The van der Waals surface area contributed by atoms with Crippen LogP contribution in [0.5, 0.6) is 0 Å². The number of ether oxygens (including phenoxy) is 1. The molecule has 0 spiro atoms. The highest BCUT2D eigenvalue weighted by molar-refractivity contribution is 6.01. The maximum Gasteiger partial charge on any atom is 0.328 e. The molecule has 4 rings (SSSR count). The van der Waals surface area contributed by atoms with Crippen LogP contribution in [0.15, 0.2) is 18.3 Å². The van der Waals surface area contributed by atoms with Crippen molar-refractivity contribution in [1.82, 2.24) is 19.8 Å². The molecular weight excluding hydrogens is 498 g/mol. The van der Waals surface area contributed by atoms with Crippen LogP contribution in [0.25, 0.3) is 0 Å². The van der Waals surface area contributed by atoms with Gasteiger partial charge in [0, 0.05) is 51.7 Å². The number of carbonyl (C=O) groups excluding carboxylic acids is 3. The number of methoxy groups -OCH3 is 1. The third-order valence-electron chi connectivity index (χ3n) is 7.60. The minimum absolute atomic E-state index is 0.00308. The average molecular weight is 534 g/mol. The minimum atomic E-state index is -0.626. The molecule has 11 nitrogen and oxygen atoms in total. The summed E-state index contributed by atoms with van der Waals surface area (Å²) in [5.41, 5.74) is 2.36. The normalized spacial score (nSPS) is 16.9. The number of hydrogen-bond donors (Lipinski definition) is 1. The highest BCUT2D eigenvalue weighted by Crippen LogP contribution is 2.30. The molecule has 39 heavy (non-hydrogen) atoms. The Morgan fingerprint density at radius 2 is 2.05 bits per heavy atom. The second-order valence-corrected chi connectivity index (χ2v) is 10.5. The van der Waals surface area contributed by atoms with Crippen LogP contribution in [0.4, 0.5) is 16.4 Å². The van der Waals surface area contributed by atoms with Crippen LogP contribution in [-0.4, -0.2) is 83.9 Å². The Morgan fingerprint density at radius 1 is 1.26 bits per heavy atom. The van der Waals surface area contributed by atoms with Gasteiger partial charge in [0.15, 0.2) is 6.29 Å². The molecule has 3 amide bonds. The first-order chi connectivity index (χ1) is 18.7. The van der Waals surface area contributed by atoms with Gasteiger partial charge in [0.25, 0.3) is 0 Å². The minimum Gasteiger partial charge on any atom is -0.385 e. The monoisotopic (exact) mass is 533 g/mol. The molecule has 1 fully saturated rings. The van der Waals surface area contributed by atoms with Crippen LogP contribution in [0.1, 0.15) is 59.4 Å². The number of nitriles is 1. The summed E-state index contributed by atoms with van der Waals surface area (Å²) >= 11 is 0. The lowest BCUT2D eigenvalue weighted by atomic mass is 9.97. The fourth-order valence-electron chi connectivity index (χ4n) is 5.00. The highest BCUT2D eigenvalue weighted by Gasteiger charge is 2.40. The molecule has 1 N–H and O–H groups in total. The Bertz CT molecular complexity index is 1300. The number of aldehydes is 1. The van der Waals surface area contributed by atoms with Crippen LogP contribution in [0.3, 0.4) is 0 Å². The van der Waals surface area contributed by atoms with Crippen molar-refractivity contribution in [3.8, 4) is 6.07 Å². The van der Waals surface area contributed by atoms with Crippen LogP contribution in [0, 0.1) is 11.3 Å². The van der Waals surface area contributed by atoms with Gasteiger partial charge in [-0.25, -0.2) is 14.8 Å². The van der Waals surface area contributed by atoms with E-state index in [1.165, 1.54) is 11.1 Å². The Kier molecular flexibility index (Phi) is 8.57. The molecule has 0 aliphatic carbocycles. The number of aromatic nitrogens is 2. The molecule has 0 aromatic carbocycles. The van der Waals surface area contributed by atoms with Crippen molar-refractivity contribution >= 4 is 29.9 Å². The van der Waals surface area contributed by atoms with Crippen molar-refractivity contribution in [2.24, 2.45) is 0 Å². The maximum absolute atomic E-state index is 13.3. The third-order valence-corrected chi connectivity index (χ3v) is 7.60. The zero-order valence-corrected chi connectivity index (χ0v) is 23.0. The summed E-state index contributed by atoms with van der Waals surface area (Å²) in [4.78, 5) is 52.6. The van der Waals surface area contributed by atoms with Gasteiger partial charge in [0.2, 0.25) is 5.91 Å². The van der Waals surface area contributed by atoms with Gasteiger partial charge in [0.05, 0.1) is 11.1 Å². The summed E-state index contributed by atoms with van der Waals surface area (Å²) in [6.07, 6.45) is 4.93. The lowest BCUT2D eigenvalue weighted by Gasteiger charge is -2.44. The number of carbonyl (C=O) groups is 3. The van der Waals surface area contributed by atoms with Crippen molar-refractivity contribution in [3.05, 3.63) is 46.3 Å². The van der Waals surface area contributed by atoms with E-state index in [0.29, 0.717) is 61.6 Å². The summed E-state index contributed by atoms with van der Waals surface area (Å²) < 4.78 is 5.10. The van der Waals surface area contributed by atoms with Crippen LogP contribution in [0.2, 0.25) is 0 Å². The lowest BCUT2D eigenvalue weighted by molar-refractivity contribution is -0.148. The number of hydrogen-bond acceptors (Lipinski definition) is 8. The number of nitrogens with one attached hydrogen (secondary N) is 1. The predicted molar refractivity (Wildman–Crippen MR) is 146 cm³/mol. The summed E-state index contributed by atoms with van der Waals surface area (Å²) in [5, 5.41) is 12.2. The SMILES string of the molecule is COCCCc1cc(NC(=O)N2CCCc3cc(CN4CCN(C)C(C)(C)C4=O)c(C=O)nc32)ncc1C#N. The molecule has 0 radical (unpaired) electrons. The van der Waals surface area contributed by atoms with Crippen molar-refractivity contribution in [3.63, 3.8) is 0 Å². The maximum atomic E-state index is 13.3. The van der Waals surface area contributed by atoms with E-state index in [4.69, 9.17) is 4.74 Å². The average Bonchev–Trinajstić information content (AvgIpc) is 2.93. The van der Waals surface area contributed by atoms with Gasteiger partial charge in [-0.3, -0.25) is 24.7 Å². The molecule has 4 heterocycles. The number of aryl methyl sites for hydroxylation is 2. The van der Waals surface area contributed by atoms with Gasteiger partial charge in [-0.15, -0.1) is 0 Å². The van der Waals surface area contributed by atoms with Crippen molar-refractivity contribution in [1.29, 1.82) is 5.26 Å². The second-order valence-electron chi connectivity index (χ2n) is 10.5. The molecule has 2 aliphatic rings. The number of rotatable bonds is 8. The lowest BCUT2D eigenvalue weighted by Crippen LogP contribution is -2.61. The van der Waals surface area contributed by atoms with Gasteiger partial charge in [-0.1, -0.05) is 0 Å². The molecule has 0 bridgehead atoms. The smallest absolute Gasteiger partial charge is 0.328 e. The van der Waals surface area contributed by atoms with E-state index in [1.807, 2.05) is 31.9 Å². The largest absolute Gasteiger partial charge is 0.385 e. The van der Waals surface area contributed by atoms with Crippen molar-refractivity contribution in [2.75, 3.05) is 50.6 Å². The first kappa shape index (κ1) is 28.1. The van der Waals surface area contributed by atoms with E-state index in [-0.39, 0.29) is 18.1 Å². The third kappa shape index (κ3) is 5.92. The zero-order valence-electron chi connectivity index (χ0n) is 23.0. The number of amides is 3.